The van der Waals surface area contributed by atoms with Gasteiger partial charge in [0, 0.05) is 18.8 Å². The van der Waals surface area contributed by atoms with E-state index in [1.165, 1.54) is 11.3 Å². The Balaban J connectivity index is 1.88. The lowest BCUT2D eigenvalue weighted by Crippen LogP contribution is -2.60. The highest BCUT2D eigenvalue weighted by molar-refractivity contribution is 5.81. The van der Waals surface area contributed by atoms with Gasteiger partial charge in [-0.15, -0.1) is 0 Å². The van der Waals surface area contributed by atoms with E-state index in [9.17, 15) is 9.90 Å². The van der Waals surface area contributed by atoms with Crippen LogP contribution in [0.25, 0.3) is 0 Å². The third-order valence-electron chi connectivity index (χ3n) is 4.75. The average Bonchev–Trinajstić information content (AvgIpc) is 3.29. The molecule has 108 valence electrons. The molecule has 4 nitrogen and oxygen atoms in total. The third kappa shape index (κ3) is 2.18. The summed E-state index contributed by atoms with van der Waals surface area (Å²) in [5, 5.41) is 12.8. The minimum absolute atomic E-state index is 0.263. The van der Waals surface area contributed by atoms with Crippen LogP contribution in [0.3, 0.4) is 0 Å². The summed E-state index contributed by atoms with van der Waals surface area (Å²) in [6.07, 6.45) is 4.22. The molecule has 0 bridgehead atoms. The van der Waals surface area contributed by atoms with Crippen LogP contribution < -0.4 is 10.2 Å². The molecular weight excluding hydrogens is 252 g/mol. The SMILES string of the molecule is CNC(CN1CCCc2ccccc21)(C(=O)O)C1CC1. The van der Waals surface area contributed by atoms with E-state index in [-0.39, 0.29) is 5.92 Å². The fourth-order valence-electron chi connectivity index (χ4n) is 3.41. The average molecular weight is 274 g/mol. The molecule has 1 atom stereocenters. The van der Waals surface area contributed by atoms with Crippen molar-refractivity contribution in [3.8, 4) is 0 Å². The predicted octanol–water partition coefficient (Wildman–Crippen LogP) is 1.89. The topological polar surface area (TPSA) is 52.6 Å². The second kappa shape index (κ2) is 5.09. The zero-order valence-electron chi connectivity index (χ0n) is 11.9. The summed E-state index contributed by atoms with van der Waals surface area (Å²) in [7, 11) is 1.78. The van der Waals surface area contributed by atoms with Crippen LogP contribution in [0.15, 0.2) is 24.3 Å². The van der Waals surface area contributed by atoms with Gasteiger partial charge in [-0.05, 0) is 50.3 Å². The van der Waals surface area contributed by atoms with Gasteiger partial charge in [0.15, 0.2) is 0 Å². The number of carboxylic acids is 1. The number of aryl methyl sites for hydroxylation is 1. The molecule has 1 aliphatic carbocycles. The van der Waals surface area contributed by atoms with Gasteiger partial charge in [-0.1, -0.05) is 18.2 Å². The fraction of sp³-hybridized carbons (Fsp3) is 0.562. The molecule has 0 amide bonds. The Morgan fingerprint density at radius 2 is 2.20 bits per heavy atom. The minimum atomic E-state index is -0.801. The summed E-state index contributed by atoms with van der Waals surface area (Å²) in [5.41, 5.74) is 1.75. The number of nitrogens with zero attached hydrogens (tertiary/aromatic N) is 1. The van der Waals surface area contributed by atoms with Crippen LogP contribution in [0.4, 0.5) is 5.69 Å². The van der Waals surface area contributed by atoms with Crippen molar-refractivity contribution in [2.45, 2.75) is 31.2 Å². The molecule has 0 radical (unpaired) electrons. The van der Waals surface area contributed by atoms with Crippen LogP contribution >= 0.6 is 0 Å². The van der Waals surface area contributed by atoms with E-state index >= 15 is 0 Å². The van der Waals surface area contributed by atoms with Crippen molar-refractivity contribution < 1.29 is 9.90 Å². The molecule has 2 N–H and O–H groups in total. The van der Waals surface area contributed by atoms with E-state index in [0.717, 1.165) is 32.2 Å². The monoisotopic (exact) mass is 274 g/mol. The van der Waals surface area contributed by atoms with Crippen molar-refractivity contribution in [1.29, 1.82) is 0 Å². The number of carboxylic acid groups (broad SMARTS) is 1. The number of rotatable bonds is 5. The summed E-state index contributed by atoms with van der Waals surface area (Å²) in [6, 6.07) is 8.37. The van der Waals surface area contributed by atoms with E-state index < -0.39 is 11.5 Å². The highest BCUT2D eigenvalue weighted by Gasteiger charge is 2.51. The molecule has 0 aromatic heterocycles. The molecule has 0 spiro atoms. The van der Waals surface area contributed by atoms with E-state index in [4.69, 9.17) is 0 Å². The highest BCUT2D eigenvalue weighted by Crippen LogP contribution is 2.41. The lowest BCUT2D eigenvalue weighted by molar-refractivity contribution is -0.145. The van der Waals surface area contributed by atoms with Gasteiger partial charge in [-0.25, -0.2) is 0 Å². The van der Waals surface area contributed by atoms with Crippen molar-refractivity contribution in [2.75, 3.05) is 25.0 Å². The molecule has 20 heavy (non-hydrogen) atoms. The van der Waals surface area contributed by atoms with E-state index in [1.54, 1.807) is 7.05 Å². The summed E-state index contributed by atoms with van der Waals surface area (Å²) in [4.78, 5) is 14.1. The quantitative estimate of drug-likeness (QED) is 0.861. The largest absolute Gasteiger partial charge is 0.480 e. The number of hydrogen-bond donors (Lipinski definition) is 2. The fourth-order valence-corrected chi connectivity index (χ4v) is 3.41. The molecule has 1 saturated carbocycles. The number of likely N-dealkylation sites (N-methyl/N-ethyl adjacent to an activating group) is 1. The zero-order chi connectivity index (χ0) is 14.2. The predicted molar refractivity (Wildman–Crippen MR) is 79.1 cm³/mol. The van der Waals surface area contributed by atoms with Gasteiger partial charge in [-0.3, -0.25) is 4.79 Å². The van der Waals surface area contributed by atoms with Crippen LogP contribution in [0.2, 0.25) is 0 Å². The Hall–Kier alpha value is -1.55. The molecule has 1 heterocycles. The highest BCUT2D eigenvalue weighted by atomic mass is 16.4. The molecule has 1 fully saturated rings. The van der Waals surface area contributed by atoms with Crippen LogP contribution in [0.5, 0.6) is 0 Å². The van der Waals surface area contributed by atoms with Gasteiger partial charge in [0.05, 0.1) is 0 Å². The van der Waals surface area contributed by atoms with Crippen LogP contribution in [0, 0.1) is 5.92 Å². The van der Waals surface area contributed by atoms with Gasteiger partial charge in [0.2, 0.25) is 0 Å². The van der Waals surface area contributed by atoms with Crippen molar-refractivity contribution in [3.05, 3.63) is 29.8 Å². The summed E-state index contributed by atoms with van der Waals surface area (Å²) in [6.45, 7) is 1.50. The van der Waals surface area contributed by atoms with Gasteiger partial charge in [0.1, 0.15) is 5.54 Å². The molecule has 0 saturated heterocycles. The third-order valence-corrected chi connectivity index (χ3v) is 4.75. The first-order valence-electron chi connectivity index (χ1n) is 7.42. The molecule has 1 aromatic rings. The molecule has 1 aromatic carbocycles. The van der Waals surface area contributed by atoms with Crippen molar-refractivity contribution in [3.63, 3.8) is 0 Å². The maximum atomic E-state index is 11.8. The first-order chi connectivity index (χ1) is 9.67. The Morgan fingerprint density at radius 1 is 1.45 bits per heavy atom. The standard InChI is InChI=1S/C16H22N2O2/c1-17-16(15(19)20,13-8-9-13)11-18-10-4-6-12-5-2-3-7-14(12)18/h2-3,5,7,13,17H,4,6,8-11H2,1H3,(H,19,20). The normalized spacial score (nSPS) is 21.1. The number of fused-ring (bicyclic) bond motifs is 1. The first-order valence-corrected chi connectivity index (χ1v) is 7.42. The number of para-hydroxylation sites is 1. The molecular formula is C16H22N2O2. The zero-order valence-corrected chi connectivity index (χ0v) is 11.9. The number of anilines is 1. The van der Waals surface area contributed by atoms with Crippen molar-refractivity contribution in [2.24, 2.45) is 5.92 Å². The number of carbonyl (C=O) groups is 1. The van der Waals surface area contributed by atoms with Gasteiger partial charge in [0.25, 0.3) is 0 Å². The van der Waals surface area contributed by atoms with Gasteiger partial charge in [-0.2, -0.15) is 0 Å². The summed E-state index contributed by atoms with van der Waals surface area (Å²) < 4.78 is 0. The van der Waals surface area contributed by atoms with E-state index in [2.05, 4.69) is 28.4 Å². The first kappa shape index (κ1) is 13.4. The van der Waals surface area contributed by atoms with Gasteiger partial charge >= 0.3 is 5.97 Å². The molecule has 1 unspecified atom stereocenters. The number of aliphatic carboxylic acids is 1. The molecule has 1 aliphatic heterocycles. The number of hydrogen-bond acceptors (Lipinski definition) is 3. The number of benzene rings is 1. The van der Waals surface area contributed by atoms with Crippen LogP contribution in [-0.4, -0.2) is 36.8 Å². The van der Waals surface area contributed by atoms with Crippen molar-refractivity contribution in [1.82, 2.24) is 5.32 Å². The van der Waals surface area contributed by atoms with Crippen LogP contribution in [0.1, 0.15) is 24.8 Å². The Morgan fingerprint density at radius 3 is 2.85 bits per heavy atom. The Bertz CT molecular complexity index is 513. The van der Waals surface area contributed by atoms with Crippen molar-refractivity contribution >= 4 is 11.7 Å². The molecule has 2 aliphatic rings. The maximum absolute atomic E-state index is 11.8. The Kier molecular flexibility index (Phi) is 3.42. The summed E-state index contributed by atoms with van der Waals surface area (Å²) >= 11 is 0. The Labute approximate surface area is 119 Å². The lowest BCUT2D eigenvalue weighted by Gasteiger charge is -2.39. The smallest absolute Gasteiger partial charge is 0.326 e. The van der Waals surface area contributed by atoms with Crippen LogP contribution in [-0.2, 0) is 11.2 Å². The van der Waals surface area contributed by atoms with E-state index in [0.29, 0.717) is 6.54 Å². The molecule has 4 heteroatoms. The van der Waals surface area contributed by atoms with Gasteiger partial charge < -0.3 is 15.3 Å². The lowest BCUT2D eigenvalue weighted by atomic mass is 9.90. The summed E-state index contributed by atoms with van der Waals surface area (Å²) in [5.74, 6) is -0.454. The maximum Gasteiger partial charge on any atom is 0.326 e. The van der Waals surface area contributed by atoms with E-state index in [1.807, 2.05) is 6.07 Å². The minimum Gasteiger partial charge on any atom is -0.480 e. The molecule has 3 rings (SSSR count). The second-order valence-electron chi connectivity index (χ2n) is 5.95. The second-order valence-corrected chi connectivity index (χ2v) is 5.95. The number of nitrogens with one attached hydrogen (secondary N) is 1.